The Morgan fingerprint density at radius 2 is 2.33 bits per heavy atom. The summed E-state index contributed by atoms with van der Waals surface area (Å²) in [5.74, 6) is -0.487. The second-order valence-corrected chi connectivity index (χ2v) is 5.59. The Morgan fingerprint density at radius 1 is 1.50 bits per heavy atom. The first-order valence-corrected chi connectivity index (χ1v) is 7.69. The van der Waals surface area contributed by atoms with Crippen LogP contribution in [0.4, 0.5) is 4.79 Å². The minimum Gasteiger partial charge on any atom is -0.467 e. The van der Waals surface area contributed by atoms with Gasteiger partial charge in [-0.2, -0.15) is 0 Å². The van der Waals surface area contributed by atoms with E-state index < -0.39 is 12.0 Å². The van der Waals surface area contributed by atoms with E-state index in [-0.39, 0.29) is 12.1 Å². The largest absolute Gasteiger partial charge is 0.467 e. The van der Waals surface area contributed by atoms with Crippen LogP contribution in [-0.4, -0.2) is 51.5 Å². The molecule has 3 rings (SSSR count). The quantitative estimate of drug-likeness (QED) is 0.819. The van der Waals surface area contributed by atoms with E-state index in [1.54, 1.807) is 30.5 Å². The molecule has 2 aromatic heterocycles. The third kappa shape index (κ3) is 2.94. The van der Waals surface area contributed by atoms with Crippen LogP contribution in [0.1, 0.15) is 29.9 Å². The number of hydrogen-bond acceptors (Lipinski definition) is 5. The zero-order chi connectivity index (χ0) is 17.1. The number of nitrogens with zero attached hydrogens (tertiary/aromatic N) is 3. The molecule has 0 radical (unpaired) electrons. The molecular weight excluding hydrogens is 310 g/mol. The molecule has 24 heavy (non-hydrogen) atoms. The van der Waals surface area contributed by atoms with Gasteiger partial charge >= 0.3 is 12.0 Å². The molecule has 2 atom stereocenters. The van der Waals surface area contributed by atoms with Crippen molar-refractivity contribution in [1.29, 1.82) is 0 Å². The second kappa shape index (κ2) is 6.69. The number of methoxy groups -OCH3 is 1. The number of rotatable bonds is 3. The average Bonchev–Trinajstić information content (AvgIpc) is 3.09. The first-order chi connectivity index (χ1) is 11.6. The number of aromatic amines is 1. The van der Waals surface area contributed by atoms with Crippen molar-refractivity contribution in [3.8, 4) is 0 Å². The van der Waals surface area contributed by atoms with Crippen LogP contribution in [0, 0.1) is 0 Å². The molecule has 1 aliphatic rings. The van der Waals surface area contributed by atoms with Crippen LogP contribution in [0.25, 0.3) is 0 Å². The summed E-state index contributed by atoms with van der Waals surface area (Å²) in [5, 5.41) is 2.68. The Morgan fingerprint density at radius 3 is 3.04 bits per heavy atom. The summed E-state index contributed by atoms with van der Waals surface area (Å²) in [5.41, 5.74) is 2.68. The smallest absolute Gasteiger partial charge is 0.328 e. The van der Waals surface area contributed by atoms with E-state index >= 15 is 0 Å². The molecule has 0 fully saturated rings. The van der Waals surface area contributed by atoms with Gasteiger partial charge in [0, 0.05) is 31.1 Å². The van der Waals surface area contributed by atoms with Crippen LogP contribution in [0.3, 0.4) is 0 Å². The lowest BCUT2D eigenvalue weighted by atomic mass is 9.97. The van der Waals surface area contributed by atoms with Gasteiger partial charge in [0.15, 0.2) is 0 Å². The van der Waals surface area contributed by atoms with Crippen LogP contribution in [0.5, 0.6) is 0 Å². The first-order valence-electron chi connectivity index (χ1n) is 7.69. The summed E-state index contributed by atoms with van der Waals surface area (Å²) in [6.07, 6.45) is 5.71. The fourth-order valence-corrected chi connectivity index (χ4v) is 2.87. The number of carbonyl (C=O) groups is 2. The molecule has 1 unspecified atom stereocenters. The molecule has 0 saturated carbocycles. The van der Waals surface area contributed by atoms with Crippen molar-refractivity contribution in [3.63, 3.8) is 0 Å². The number of urea groups is 1. The molecule has 126 valence electrons. The minimum absolute atomic E-state index is 0.338. The number of hydrogen-bond donors (Lipinski definition) is 2. The number of carbonyl (C=O) groups excluding carboxylic acids is 2. The Bertz CT molecular complexity index is 730. The van der Waals surface area contributed by atoms with E-state index in [9.17, 15) is 9.59 Å². The fraction of sp³-hybridized carbons (Fsp3) is 0.375. The number of amides is 2. The summed E-state index contributed by atoms with van der Waals surface area (Å²) >= 11 is 0. The Hall–Kier alpha value is -2.90. The monoisotopic (exact) mass is 329 g/mol. The van der Waals surface area contributed by atoms with Crippen molar-refractivity contribution in [3.05, 3.63) is 47.8 Å². The molecule has 0 aromatic carbocycles. The van der Waals surface area contributed by atoms with Crippen LogP contribution >= 0.6 is 0 Å². The predicted octanol–water partition coefficient (Wildman–Crippen LogP) is 1.02. The molecule has 2 amide bonds. The van der Waals surface area contributed by atoms with Crippen molar-refractivity contribution in [2.45, 2.75) is 25.4 Å². The summed E-state index contributed by atoms with van der Waals surface area (Å²) in [6.45, 7) is 2.10. The van der Waals surface area contributed by atoms with E-state index in [0.717, 1.165) is 17.0 Å². The number of imidazole rings is 1. The normalized spacial score (nSPS) is 17.8. The predicted molar refractivity (Wildman–Crippen MR) is 85.1 cm³/mol. The zero-order valence-corrected chi connectivity index (χ0v) is 13.5. The van der Waals surface area contributed by atoms with Crippen molar-refractivity contribution >= 4 is 12.0 Å². The molecular formula is C16H19N5O3. The number of pyridine rings is 1. The summed E-state index contributed by atoms with van der Waals surface area (Å²) in [7, 11) is 1.29. The highest BCUT2D eigenvalue weighted by Crippen LogP contribution is 2.32. The van der Waals surface area contributed by atoms with Crippen LogP contribution in [0.2, 0.25) is 0 Å². The number of esters is 1. The lowest BCUT2D eigenvalue weighted by Crippen LogP contribution is -2.50. The maximum Gasteiger partial charge on any atom is 0.328 e. The van der Waals surface area contributed by atoms with E-state index in [1.165, 1.54) is 7.11 Å². The van der Waals surface area contributed by atoms with Gasteiger partial charge in [0.2, 0.25) is 0 Å². The highest BCUT2D eigenvalue weighted by atomic mass is 16.5. The van der Waals surface area contributed by atoms with Gasteiger partial charge < -0.3 is 19.9 Å². The van der Waals surface area contributed by atoms with Gasteiger partial charge in [0.05, 0.1) is 19.1 Å². The van der Waals surface area contributed by atoms with Gasteiger partial charge in [-0.1, -0.05) is 6.07 Å². The van der Waals surface area contributed by atoms with Gasteiger partial charge in [-0.05, 0) is 18.6 Å². The van der Waals surface area contributed by atoms with Crippen LogP contribution in [-0.2, 0) is 16.0 Å². The molecule has 1 aliphatic heterocycles. The zero-order valence-electron chi connectivity index (χ0n) is 13.5. The lowest BCUT2D eigenvalue weighted by molar-refractivity contribution is -0.142. The Labute approximate surface area is 139 Å². The third-order valence-electron chi connectivity index (χ3n) is 4.08. The Kier molecular flexibility index (Phi) is 4.45. The van der Waals surface area contributed by atoms with Crippen molar-refractivity contribution < 1.29 is 14.3 Å². The summed E-state index contributed by atoms with van der Waals surface area (Å²) in [6, 6.07) is 2.32. The highest BCUT2D eigenvalue weighted by molar-refractivity contribution is 5.83. The average molecular weight is 329 g/mol. The maximum absolute atomic E-state index is 12.7. The van der Waals surface area contributed by atoms with E-state index in [1.807, 2.05) is 12.1 Å². The Balaban J connectivity index is 1.89. The number of ether oxygens (including phenoxy) is 1. The second-order valence-electron chi connectivity index (χ2n) is 5.59. The SMILES string of the molecule is COC(=O)[C@H](C)NC(=O)N1CCc2[nH]cnc2C1c1cccnc1. The van der Waals surface area contributed by atoms with Gasteiger partial charge in [-0.15, -0.1) is 0 Å². The molecule has 2 aromatic rings. The fourth-order valence-electron chi connectivity index (χ4n) is 2.87. The van der Waals surface area contributed by atoms with Crippen LogP contribution in [0.15, 0.2) is 30.9 Å². The molecule has 0 aliphatic carbocycles. The molecule has 2 N–H and O–H groups in total. The third-order valence-corrected chi connectivity index (χ3v) is 4.08. The van der Waals surface area contributed by atoms with E-state index in [2.05, 4.69) is 25.0 Å². The topological polar surface area (TPSA) is 100 Å². The molecule has 0 saturated heterocycles. The molecule has 3 heterocycles. The van der Waals surface area contributed by atoms with Gasteiger partial charge in [-0.25, -0.2) is 14.6 Å². The van der Waals surface area contributed by atoms with Crippen molar-refractivity contribution in [2.24, 2.45) is 0 Å². The van der Waals surface area contributed by atoms with Crippen molar-refractivity contribution in [1.82, 2.24) is 25.2 Å². The molecule has 0 spiro atoms. The first kappa shape index (κ1) is 16.0. The molecule has 8 nitrogen and oxygen atoms in total. The standard InChI is InChI=1S/C16H19N5O3/c1-10(15(22)24-2)20-16(23)21-7-5-12-13(19-9-18-12)14(21)11-4-3-6-17-8-11/h3-4,6,8-10,14H,5,7H2,1-2H3,(H,18,19)(H,20,23)/t10-,14?/m0/s1. The van der Waals surface area contributed by atoms with E-state index in [4.69, 9.17) is 0 Å². The number of fused-ring (bicyclic) bond motifs is 1. The number of nitrogens with one attached hydrogen (secondary N) is 2. The molecule has 0 bridgehead atoms. The van der Waals surface area contributed by atoms with Gasteiger partial charge in [-0.3, -0.25) is 4.98 Å². The maximum atomic E-state index is 12.7. The van der Waals surface area contributed by atoms with Crippen molar-refractivity contribution in [2.75, 3.05) is 13.7 Å². The van der Waals surface area contributed by atoms with E-state index in [0.29, 0.717) is 13.0 Å². The number of aromatic nitrogens is 3. The summed E-state index contributed by atoms with van der Waals surface area (Å²) in [4.78, 5) is 37.6. The minimum atomic E-state index is -0.724. The van der Waals surface area contributed by atoms with Crippen LogP contribution < -0.4 is 5.32 Å². The summed E-state index contributed by atoms with van der Waals surface area (Å²) < 4.78 is 4.66. The van der Waals surface area contributed by atoms with Gasteiger partial charge in [0.1, 0.15) is 12.1 Å². The molecule has 8 heteroatoms. The van der Waals surface area contributed by atoms with Gasteiger partial charge in [0.25, 0.3) is 0 Å². The lowest BCUT2D eigenvalue weighted by Gasteiger charge is -2.35. The highest BCUT2D eigenvalue weighted by Gasteiger charge is 2.35. The number of H-pyrrole nitrogens is 1.